The molecule has 1 saturated carbocycles. The van der Waals surface area contributed by atoms with Gasteiger partial charge in [0.25, 0.3) is 5.91 Å². The number of hydrogen-bond donors (Lipinski definition) is 4. The van der Waals surface area contributed by atoms with Gasteiger partial charge in [-0.1, -0.05) is 24.3 Å². The highest BCUT2D eigenvalue weighted by Gasteiger charge is 2.33. The zero-order valence-corrected chi connectivity index (χ0v) is 20.9. The molecule has 3 aromatic rings. The molecular weight excluding hydrogens is 529 g/mol. The van der Waals surface area contributed by atoms with Crippen LogP contribution >= 0.6 is 0 Å². The minimum absolute atomic E-state index is 0.167. The van der Waals surface area contributed by atoms with E-state index < -0.39 is 41.2 Å². The lowest BCUT2D eigenvalue weighted by Crippen LogP contribution is -2.26. The molecule has 4 N–H and O–H groups in total. The van der Waals surface area contributed by atoms with E-state index in [0.717, 1.165) is 25.0 Å². The Labute approximate surface area is 227 Å². The molecule has 1 fully saturated rings. The molecule has 6 nitrogen and oxygen atoms in total. The SMILES string of the molecule is N#Cc1cccc(N/C(=C\C(=N)C(F)(F)F)C(=O)Nc2cccc(C(NCC3CC3)c3ccc(F)cc3F)c2)c1. The van der Waals surface area contributed by atoms with Crippen LogP contribution in [0.2, 0.25) is 0 Å². The Morgan fingerprint density at radius 1 is 1.02 bits per heavy atom. The predicted molar refractivity (Wildman–Crippen MR) is 141 cm³/mol. The molecule has 40 heavy (non-hydrogen) atoms. The van der Waals surface area contributed by atoms with Gasteiger partial charge in [-0.25, -0.2) is 8.78 Å². The zero-order valence-electron chi connectivity index (χ0n) is 20.9. The molecule has 0 aliphatic heterocycles. The highest BCUT2D eigenvalue weighted by Crippen LogP contribution is 2.32. The molecule has 4 rings (SSSR count). The smallest absolute Gasteiger partial charge is 0.351 e. The van der Waals surface area contributed by atoms with Crippen molar-refractivity contribution < 1.29 is 26.7 Å². The Morgan fingerprint density at radius 2 is 1.73 bits per heavy atom. The zero-order chi connectivity index (χ0) is 28.9. The number of nitriles is 1. The van der Waals surface area contributed by atoms with Crippen molar-refractivity contribution in [3.8, 4) is 6.07 Å². The summed E-state index contributed by atoms with van der Waals surface area (Å²) in [6, 6.07) is 16.6. The molecule has 1 aliphatic carbocycles. The van der Waals surface area contributed by atoms with Crippen LogP contribution in [0.5, 0.6) is 0 Å². The van der Waals surface area contributed by atoms with Gasteiger partial charge in [0.05, 0.1) is 17.7 Å². The number of carbonyl (C=O) groups is 1. The topological polar surface area (TPSA) is 101 Å². The standard InChI is InChI=1S/C29H24F5N5O/c30-20-9-10-23(24(31)13-20)27(37-16-17-7-8-17)19-4-2-6-22(12-19)39-28(40)25(14-26(36)29(32,33)34)38-21-5-1-3-18(11-21)15-35/h1-6,9-14,17,27,36-38H,7-8,16H2,(H,39,40)/b25-14-,36-26?. The van der Waals surface area contributed by atoms with Crippen molar-refractivity contribution in [1.29, 1.82) is 10.7 Å². The number of allylic oxidation sites excluding steroid dienone is 1. The van der Waals surface area contributed by atoms with Gasteiger partial charge in [0.2, 0.25) is 0 Å². The molecule has 0 bridgehead atoms. The Kier molecular flexibility index (Phi) is 8.60. The first kappa shape index (κ1) is 28.4. The average molecular weight is 554 g/mol. The van der Waals surface area contributed by atoms with Crippen LogP contribution in [-0.4, -0.2) is 24.3 Å². The van der Waals surface area contributed by atoms with Gasteiger partial charge in [0.15, 0.2) is 0 Å². The van der Waals surface area contributed by atoms with E-state index in [-0.39, 0.29) is 22.5 Å². The van der Waals surface area contributed by atoms with Gasteiger partial charge in [-0.05, 0) is 73.3 Å². The number of hydrogen-bond acceptors (Lipinski definition) is 5. The van der Waals surface area contributed by atoms with Crippen molar-refractivity contribution in [2.45, 2.75) is 25.1 Å². The number of rotatable bonds is 10. The second kappa shape index (κ2) is 12.1. The van der Waals surface area contributed by atoms with Crippen LogP contribution in [0, 0.1) is 34.3 Å². The Bertz CT molecular complexity index is 1490. The van der Waals surface area contributed by atoms with Gasteiger partial charge in [-0.2, -0.15) is 18.4 Å². The number of amides is 1. The van der Waals surface area contributed by atoms with Gasteiger partial charge >= 0.3 is 6.18 Å². The maximum absolute atomic E-state index is 14.7. The maximum atomic E-state index is 14.7. The molecule has 0 saturated heterocycles. The first-order valence-electron chi connectivity index (χ1n) is 12.3. The summed E-state index contributed by atoms with van der Waals surface area (Å²) in [7, 11) is 0. The minimum Gasteiger partial charge on any atom is -0.351 e. The molecule has 1 unspecified atom stereocenters. The van der Waals surface area contributed by atoms with Gasteiger partial charge < -0.3 is 16.0 Å². The summed E-state index contributed by atoms with van der Waals surface area (Å²) >= 11 is 0. The van der Waals surface area contributed by atoms with Crippen molar-refractivity contribution in [3.63, 3.8) is 0 Å². The van der Waals surface area contributed by atoms with Crippen molar-refractivity contribution in [3.05, 3.63) is 107 Å². The lowest BCUT2D eigenvalue weighted by atomic mass is 9.97. The fraction of sp³-hybridized carbons (Fsp3) is 0.207. The molecule has 0 spiro atoms. The summed E-state index contributed by atoms with van der Waals surface area (Å²) in [4.78, 5) is 13.1. The summed E-state index contributed by atoms with van der Waals surface area (Å²) in [6.07, 6.45) is -2.57. The largest absolute Gasteiger partial charge is 0.432 e. The third kappa shape index (κ3) is 7.51. The van der Waals surface area contributed by atoms with Crippen molar-refractivity contribution in [1.82, 2.24) is 5.32 Å². The monoisotopic (exact) mass is 553 g/mol. The highest BCUT2D eigenvalue weighted by atomic mass is 19.4. The van der Waals surface area contributed by atoms with Crippen LogP contribution in [0.15, 0.2) is 78.5 Å². The predicted octanol–water partition coefficient (Wildman–Crippen LogP) is 6.44. The fourth-order valence-electron chi connectivity index (χ4n) is 3.95. The number of alkyl halides is 3. The van der Waals surface area contributed by atoms with Gasteiger partial charge in [0, 0.05) is 23.0 Å². The molecule has 3 aromatic carbocycles. The van der Waals surface area contributed by atoms with Crippen LogP contribution in [-0.2, 0) is 4.79 Å². The summed E-state index contributed by atoms with van der Waals surface area (Å²) in [5.74, 6) is -2.01. The first-order valence-corrected chi connectivity index (χ1v) is 12.3. The molecular formula is C29H24F5N5O. The van der Waals surface area contributed by atoms with Crippen LogP contribution in [0.1, 0.15) is 35.6 Å². The maximum Gasteiger partial charge on any atom is 0.432 e. The number of halogens is 5. The minimum atomic E-state index is -5.00. The van der Waals surface area contributed by atoms with E-state index in [0.29, 0.717) is 24.1 Å². The molecule has 0 aromatic heterocycles. The fourth-order valence-corrected chi connectivity index (χ4v) is 3.95. The Hall–Kier alpha value is -4.56. The summed E-state index contributed by atoms with van der Waals surface area (Å²) in [5.41, 5.74) is -1.04. The molecule has 206 valence electrons. The number of carbonyl (C=O) groups excluding carboxylic acids is 1. The van der Waals surface area contributed by atoms with Crippen LogP contribution < -0.4 is 16.0 Å². The number of nitrogens with one attached hydrogen (secondary N) is 4. The van der Waals surface area contributed by atoms with E-state index in [1.54, 1.807) is 12.1 Å². The average Bonchev–Trinajstić information content (AvgIpc) is 3.74. The van der Waals surface area contributed by atoms with E-state index in [4.69, 9.17) is 10.7 Å². The molecule has 1 atom stereocenters. The van der Waals surface area contributed by atoms with E-state index in [9.17, 15) is 26.7 Å². The van der Waals surface area contributed by atoms with E-state index in [1.807, 2.05) is 6.07 Å². The first-order chi connectivity index (χ1) is 19.0. The second-order valence-corrected chi connectivity index (χ2v) is 9.32. The molecule has 0 radical (unpaired) electrons. The quantitative estimate of drug-likeness (QED) is 0.132. The lowest BCUT2D eigenvalue weighted by Gasteiger charge is -2.21. The molecule has 11 heteroatoms. The summed E-state index contributed by atoms with van der Waals surface area (Å²) in [6.45, 7) is 0.593. The van der Waals surface area contributed by atoms with Crippen molar-refractivity contribution in [2.24, 2.45) is 5.92 Å². The van der Waals surface area contributed by atoms with E-state index in [2.05, 4.69) is 16.0 Å². The van der Waals surface area contributed by atoms with E-state index in [1.165, 1.54) is 42.5 Å². The normalized spacial score (nSPS) is 14.2. The van der Waals surface area contributed by atoms with E-state index >= 15 is 0 Å². The third-order valence-corrected chi connectivity index (χ3v) is 6.17. The summed E-state index contributed by atoms with van der Waals surface area (Å²) < 4.78 is 67.6. The Balaban J connectivity index is 1.62. The molecule has 0 heterocycles. The van der Waals surface area contributed by atoms with Crippen LogP contribution in [0.4, 0.5) is 33.3 Å². The van der Waals surface area contributed by atoms with Crippen molar-refractivity contribution >= 4 is 23.0 Å². The lowest BCUT2D eigenvalue weighted by molar-refractivity contribution is -0.112. The number of benzene rings is 3. The van der Waals surface area contributed by atoms with Gasteiger partial charge in [0.1, 0.15) is 23.0 Å². The van der Waals surface area contributed by atoms with Gasteiger partial charge in [-0.3, -0.25) is 10.2 Å². The summed E-state index contributed by atoms with van der Waals surface area (Å²) in [5, 5.41) is 24.8. The molecule has 1 amide bonds. The Morgan fingerprint density at radius 3 is 2.38 bits per heavy atom. The second-order valence-electron chi connectivity index (χ2n) is 9.32. The van der Waals surface area contributed by atoms with Crippen molar-refractivity contribution in [2.75, 3.05) is 17.2 Å². The molecule has 1 aliphatic rings. The van der Waals surface area contributed by atoms with Crippen LogP contribution in [0.25, 0.3) is 0 Å². The van der Waals surface area contributed by atoms with Crippen LogP contribution in [0.3, 0.4) is 0 Å². The number of nitrogens with zero attached hydrogens (tertiary/aromatic N) is 1. The highest BCUT2D eigenvalue weighted by molar-refractivity contribution is 6.11. The number of anilines is 2. The third-order valence-electron chi connectivity index (χ3n) is 6.17. The van der Waals surface area contributed by atoms with Gasteiger partial charge in [-0.15, -0.1) is 0 Å².